The van der Waals surface area contributed by atoms with Gasteiger partial charge in [-0.05, 0) is 54.9 Å². The van der Waals surface area contributed by atoms with Crippen molar-refractivity contribution in [1.29, 1.82) is 0 Å². The van der Waals surface area contributed by atoms with Crippen LogP contribution >= 0.6 is 0 Å². The molecule has 2 aromatic rings. The highest BCUT2D eigenvalue weighted by Crippen LogP contribution is 2.41. The summed E-state index contributed by atoms with van der Waals surface area (Å²) in [6, 6.07) is 13.1. The van der Waals surface area contributed by atoms with Crippen molar-refractivity contribution in [2.45, 2.75) is 38.1 Å². The minimum Gasteiger partial charge on any atom is -0.370 e. The number of nitrogens with one attached hydrogen (secondary N) is 1. The Morgan fingerprint density at radius 1 is 1.17 bits per heavy atom. The molecule has 3 N–H and O–H groups in total. The van der Waals surface area contributed by atoms with Crippen LogP contribution in [0.2, 0.25) is 0 Å². The Morgan fingerprint density at radius 2 is 2.04 bits per heavy atom. The fraction of sp³-hybridized carbons (Fsp3) is 0.300. The minimum atomic E-state index is 0.309. The Labute approximate surface area is 142 Å². The Kier molecular flexibility index (Phi) is 3.81. The molecule has 122 valence electrons. The van der Waals surface area contributed by atoms with Crippen LogP contribution in [0, 0.1) is 0 Å². The predicted octanol–water partition coefficient (Wildman–Crippen LogP) is 3.58. The van der Waals surface area contributed by atoms with E-state index in [0.29, 0.717) is 17.9 Å². The smallest absolute Gasteiger partial charge is 0.193 e. The zero-order valence-corrected chi connectivity index (χ0v) is 13.9. The lowest BCUT2D eigenvalue weighted by atomic mass is 9.76. The molecule has 2 aliphatic rings. The first-order chi connectivity index (χ1) is 11.7. The van der Waals surface area contributed by atoms with Crippen LogP contribution in [0.3, 0.4) is 0 Å². The first-order valence-corrected chi connectivity index (χ1v) is 8.52. The molecule has 0 radical (unpaired) electrons. The molecule has 24 heavy (non-hydrogen) atoms. The minimum absolute atomic E-state index is 0.309. The average molecular weight is 318 g/mol. The van der Waals surface area contributed by atoms with Crippen LogP contribution in [-0.4, -0.2) is 17.0 Å². The number of pyridine rings is 1. The number of hydrogen-bond donors (Lipinski definition) is 2. The van der Waals surface area contributed by atoms with Gasteiger partial charge in [0.2, 0.25) is 0 Å². The maximum absolute atomic E-state index is 5.93. The molecule has 2 heterocycles. The normalized spacial score (nSPS) is 23.3. The summed E-state index contributed by atoms with van der Waals surface area (Å²) in [7, 11) is 0. The van der Waals surface area contributed by atoms with Gasteiger partial charge in [0.25, 0.3) is 0 Å². The molecule has 1 aliphatic carbocycles. The zero-order valence-electron chi connectivity index (χ0n) is 13.9. The second-order valence-corrected chi connectivity index (χ2v) is 6.60. The molecule has 0 saturated heterocycles. The van der Waals surface area contributed by atoms with E-state index in [0.717, 1.165) is 25.0 Å². The highest BCUT2D eigenvalue weighted by atomic mass is 15.1. The van der Waals surface area contributed by atoms with E-state index in [2.05, 4.69) is 52.5 Å². The number of guanidine groups is 1. The topological polar surface area (TPSA) is 63.3 Å². The van der Waals surface area contributed by atoms with Crippen molar-refractivity contribution in [3.8, 4) is 11.1 Å². The van der Waals surface area contributed by atoms with E-state index in [-0.39, 0.29) is 0 Å². The van der Waals surface area contributed by atoms with Crippen LogP contribution in [0.25, 0.3) is 11.1 Å². The van der Waals surface area contributed by atoms with Gasteiger partial charge in [-0.25, -0.2) is 4.99 Å². The molecule has 4 rings (SSSR count). The van der Waals surface area contributed by atoms with Gasteiger partial charge in [-0.1, -0.05) is 30.3 Å². The number of allylic oxidation sites excluding steroid dienone is 1. The quantitative estimate of drug-likeness (QED) is 0.889. The highest BCUT2D eigenvalue weighted by molar-refractivity contribution is 5.81. The Balaban J connectivity index is 1.66. The van der Waals surface area contributed by atoms with Crippen molar-refractivity contribution in [3.05, 3.63) is 65.6 Å². The maximum atomic E-state index is 5.93. The molecule has 1 aliphatic heterocycles. The summed E-state index contributed by atoms with van der Waals surface area (Å²) in [6.07, 6.45) is 7.05. The SMILES string of the molecule is CC1=C2CCC(c3ccccc3-c3cccnc3)CC2NC(N)=N1. The number of fused-ring (bicyclic) bond motifs is 1. The summed E-state index contributed by atoms with van der Waals surface area (Å²) in [6.45, 7) is 2.07. The maximum Gasteiger partial charge on any atom is 0.193 e. The third-order valence-electron chi connectivity index (χ3n) is 5.15. The van der Waals surface area contributed by atoms with Crippen LogP contribution in [-0.2, 0) is 0 Å². The summed E-state index contributed by atoms with van der Waals surface area (Å²) < 4.78 is 0. The first kappa shape index (κ1) is 14.9. The van der Waals surface area contributed by atoms with Crippen molar-refractivity contribution >= 4 is 5.96 Å². The zero-order chi connectivity index (χ0) is 16.5. The van der Waals surface area contributed by atoms with Gasteiger partial charge in [-0.2, -0.15) is 0 Å². The predicted molar refractivity (Wildman–Crippen MR) is 97.5 cm³/mol. The molecular formula is C20H22N4. The lowest BCUT2D eigenvalue weighted by Gasteiger charge is -2.36. The molecule has 0 bridgehead atoms. The fourth-order valence-electron chi connectivity index (χ4n) is 4.01. The number of aliphatic imine (C=N–C) groups is 1. The number of benzene rings is 1. The molecule has 4 heteroatoms. The van der Waals surface area contributed by atoms with Crippen molar-refractivity contribution in [1.82, 2.24) is 10.3 Å². The molecule has 2 unspecified atom stereocenters. The summed E-state index contributed by atoms with van der Waals surface area (Å²) >= 11 is 0. The second-order valence-electron chi connectivity index (χ2n) is 6.60. The van der Waals surface area contributed by atoms with Crippen LogP contribution in [0.15, 0.2) is 65.1 Å². The van der Waals surface area contributed by atoms with E-state index in [1.807, 2.05) is 18.5 Å². The van der Waals surface area contributed by atoms with Crippen molar-refractivity contribution in [2.24, 2.45) is 10.7 Å². The molecule has 1 aromatic heterocycles. The van der Waals surface area contributed by atoms with Gasteiger partial charge >= 0.3 is 0 Å². The van der Waals surface area contributed by atoms with E-state index in [9.17, 15) is 0 Å². The average Bonchev–Trinajstić information content (AvgIpc) is 2.62. The molecule has 2 atom stereocenters. The first-order valence-electron chi connectivity index (χ1n) is 8.52. The summed E-state index contributed by atoms with van der Waals surface area (Å²) in [5.74, 6) is 1.06. The lowest BCUT2D eigenvalue weighted by Crippen LogP contribution is -2.46. The number of nitrogens with two attached hydrogens (primary N) is 1. The van der Waals surface area contributed by atoms with E-state index < -0.39 is 0 Å². The van der Waals surface area contributed by atoms with Crippen molar-refractivity contribution in [2.75, 3.05) is 0 Å². The third kappa shape index (κ3) is 2.68. The largest absolute Gasteiger partial charge is 0.370 e. The summed E-state index contributed by atoms with van der Waals surface area (Å²) in [5, 5.41) is 3.37. The van der Waals surface area contributed by atoms with Crippen LogP contribution in [0.1, 0.15) is 37.7 Å². The molecule has 1 fully saturated rings. The summed E-state index contributed by atoms with van der Waals surface area (Å²) in [4.78, 5) is 8.67. The van der Waals surface area contributed by atoms with Crippen molar-refractivity contribution in [3.63, 3.8) is 0 Å². The Morgan fingerprint density at radius 3 is 2.88 bits per heavy atom. The molecule has 1 saturated carbocycles. The standard InChI is InChI=1S/C20H22N4/c1-13-16-9-8-14(11-19(16)24-20(21)23-13)17-6-2-3-7-18(17)15-5-4-10-22-12-15/h2-7,10,12,14,19H,8-9,11H2,1H3,(H3,21,23,24). The van der Waals surface area contributed by atoms with Crippen LogP contribution in [0.4, 0.5) is 0 Å². The van der Waals surface area contributed by atoms with Crippen LogP contribution < -0.4 is 11.1 Å². The monoisotopic (exact) mass is 318 g/mol. The molecule has 1 aromatic carbocycles. The van der Waals surface area contributed by atoms with Gasteiger partial charge in [0.05, 0.1) is 6.04 Å². The summed E-state index contributed by atoms with van der Waals surface area (Å²) in [5.41, 5.74) is 12.3. The van der Waals surface area contributed by atoms with Gasteiger partial charge < -0.3 is 11.1 Å². The molecule has 0 spiro atoms. The molecule has 0 amide bonds. The number of hydrogen-bond acceptors (Lipinski definition) is 4. The number of aromatic nitrogens is 1. The fourth-order valence-corrected chi connectivity index (χ4v) is 4.01. The van der Waals surface area contributed by atoms with Gasteiger partial charge in [0.1, 0.15) is 0 Å². The number of nitrogens with zero attached hydrogens (tertiary/aromatic N) is 2. The van der Waals surface area contributed by atoms with Crippen LogP contribution in [0.5, 0.6) is 0 Å². The van der Waals surface area contributed by atoms with E-state index >= 15 is 0 Å². The third-order valence-corrected chi connectivity index (χ3v) is 5.15. The Hall–Kier alpha value is -2.62. The molecule has 4 nitrogen and oxygen atoms in total. The van der Waals surface area contributed by atoms with E-state index in [1.165, 1.54) is 22.3 Å². The van der Waals surface area contributed by atoms with Gasteiger partial charge in [-0.15, -0.1) is 0 Å². The van der Waals surface area contributed by atoms with Gasteiger partial charge in [0.15, 0.2) is 5.96 Å². The van der Waals surface area contributed by atoms with E-state index in [1.54, 1.807) is 0 Å². The Bertz CT molecular complexity index is 807. The lowest BCUT2D eigenvalue weighted by molar-refractivity contribution is 0.438. The number of rotatable bonds is 2. The van der Waals surface area contributed by atoms with Gasteiger partial charge in [0, 0.05) is 23.7 Å². The van der Waals surface area contributed by atoms with E-state index in [4.69, 9.17) is 5.73 Å². The highest BCUT2D eigenvalue weighted by Gasteiger charge is 2.31. The molecular weight excluding hydrogens is 296 g/mol. The van der Waals surface area contributed by atoms with Gasteiger partial charge in [-0.3, -0.25) is 4.98 Å². The van der Waals surface area contributed by atoms with Crippen molar-refractivity contribution < 1.29 is 0 Å². The second kappa shape index (κ2) is 6.11.